The monoisotopic (exact) mass is 301 g/mol. The molecule has 0 saturated heterocycles. The lowest BCUT2D eigenvalue weighted by atomic mass is 9.96. The molecule has 1 aliphatic rings. The van der Waals surface area contributed by atoms with Crippen molar-refractivity contribution in [1.29, 1.82) is 5.26 Å². The lowest BCUT2D eigenvalue weighted by Gasteiger charge is -2.25. The minimum Gasteiger partial charge on any atom is -0.324 e. The predicted molar refractivity (Wildman–Crippen MR) is 85.3 cm³/mol. The largest absolute Gasteiger partial charge is 0.324 e. The Morgan fingerprint density at radius 2 is 2.14 bits per heavy atom. The van der Waals surface area contributed by atoms with Gasteiger partial charge in [-0.1, -0.05) is 26.2 Å². The first kappa shape index (κ1) is 14.4. The van der Waals surface area contributed by atoms with Crippen molar-refractivity contribution in [2.75, 3.05) is 0 Å². The van der Waals surface area contributed by atoms with Crippen molar-refractivity contribution >= 4 is 22.6 Å². The Hall–Kier alpha value is -1.53. The summed E-state index contributed by atoms with van der Waals surface area (Å²) in [4.78, 5) is 4.67. The molecule has 110 valence electrons. The Balaban J connectivity index is 2.16. The van der Waals surface area contributed by atoms with E-state index in [0.717, 1.165) is 16.9 Å². The lowest BCUT2D eigenvalue weighted by molar-refractivity contribution is 0.335. The van der Waals surface area contributed by atoms with Gasteiger partial charge in [-0.2, -0.15) is 5.26 Å². The van der Waals surface area contributed by atoms with E-state index >= 15 is 0 Å². The average molecular weight is 302 g/mol. The van der Waals surface area contributed by atoms with E-state index in [1.54, 1.807) is 0 Å². The van der Waals surface area contributed by atoms with E-state index in [-0.39, 0.29) is 0 Å². The van der Waals surface area contributed by atoms with Gasteiger partial charge in [0, 0.05) is 6.04 Å². The summed E-state index contributed by atoms with van der Waals surface area (Å²) < 4.78 is 2.30. The highest BCUT2D eigenvalue weighted by Crippen LogP contribution is 2.36. The van der Waals surface area contributed by atoms with Crippen LogP contribution in [0.3, 0.4) is 0 Å². The number of hydrogen-bond donors (Lipinski definition) is 0. The van der Waals surface area contributed by atoms with Crippen molar-refractivity contribution in [3.05, 3.63) is 29.6 Å². The molecular weight excluding hydrogens is 282 g/mol. The van der Waals surface area contributed by atoms with Crippen molar-refractivity contribution in [1.82, 2.24) is 9.55 Å². The second kappa shape index (κ2) is 6.07. The van der Waals surface area contributed by atoms with E-state index in [2.05, 4.69) is 22.5 Å². The van der Waals surface area contributed by atoms with Crippen LogP contribution in [-0.2, 0) is 5.88 Å². The number of benzene rings is 1. The Morgan fingerprint density at radius 1 is 1.33 bits per heavy atom. The third kappa shape index (κ3) is 2.65. The minimum absolute atomic E-state index is 0.416. The maximum Gasteiger partial charge on any atom is 0.125 e. The summed E-state index contributed by atoms with van der Waals surface area (Å²) in [6.07, 6.45) is 6.31. The number of halogens is 1. The van der Waals surface area contributed by atoms with E-state index in [9.17, 15) is 0 Å². The number of imidazole rings is 1. The molecule has 1 aromatic heterocycles. The lowest BCUT2D eigenvalue weighted by Crippen LogP contribution is -2.18. The second-order valence-electron chi connectivity index (χ2n) is 6.03. The summed E-state index contributed by atoms with van der Waals surface area (Å²) in [7, 11) is 0. The Bertz CT molecular complexity index is 683. The molecule has 1 fully saturated rings. The molecule has 0 spiro atoms. The first-order valence-corrected chi connectivity index (χ1v) is 8.25. The summed E-state index contributed by atoms with van der Waals surface area (Å²) in [6.45, 7) is 2.33. The molecule has 0 amide bonds. The van der Waals surface area contributed by atoms with Crippen LogP contribution < -0.4 is 0 Å². The molecule has 1 aliphatic carbocycles. The van der Waals surface area contributed by atoms with Crippen LogP contribution in [0.25, 0.3) is 11.0 Å². The number of nitriles is 1. The fraction of sp³-hybridized carbons (Fsp3) is 0.529. The maximum absolute atomic E-state index is 9.15. The van der Waals surface area contributed by atoms with Gasteiger partial charge in [0.25, 0.3) is 0 Å². The highest BCUT2D eigenvalue weighted by molar-refractivity contribution is 6.16. The number of fused-ring (bicyclic) bond motifs is 1. The summed E-state index contributed by atoms with van der Waals surface area (Å²) in [5.41, 5.74) is 2.69. The smallest absolute Gasteiger partial charge is 0.125 e. The topological polar surface area (TPSA) is 41.6 Å². The quantitative estimate of drug-likeness (QED) is 0.591. The van der Waals surface area contributed by atoms with Crippen molar-refractivity contribution in [3.8, 4) is 6.07 Å². The molecule has 0 aliphatic heterocycles. The molecule has 21 heavy (non-hydrogen) atoms. The molecule has 1 heterocycles. The molecule has 3 nitrogen and oxygen atoms in total. The normalized spacial score (nSPS) is 22.9. The van der Waals surface area contributed by atoms with Gasteiger partial charge in [0.05, 0.1) is 28.5 Å². The van der Waals surface area contributed by atoms with Gasteiger partial charge in [0.1, 0.15) is 5.82 Å². The summed E-state index contributed by atoms with van der Waals surface area (Å²) >= 11 is 6.14. The molecule has 0 bridgehead atoms. The van der Waals surface area contributed by atoms with E-state index in [4.69, 9.17) is 16.9 Å². The van der Waals surface area contributed by atoms with Crippen LogP contribution in [0.1, 0.15) is 56.5 Å². The Morgan fingerprint density at radius 3 is 2.90 bits per heavy atom. The summed E-state index contributed by atoms with van der Waals surface area (Å²) in [6, 6.07) is 8.38. The number of hydrogen-bond acceptors (Lipinski definition) is 2. The molecule has 1 saturated carbocycles. The van der Waals surface area contributed by atoms with Gasteiger partial charge in [0.15, 0.2) is 0 Å². The molecule has 4 heteroatoms. The molecule has 2 unspecified atom stereocenters. The van der Waals surface area contributed by atoms with E-state index < -0.39 is 0 Å². The van der Waals surface area contributed by atoms with Crippen molar-refractivity contribution < 1.29 is 0 Å². The van der Waals surface area contributed by atoms with E-state index in [0.29, 0.717) is 23.4 Å². The first-order valence-electron chi connectivity index (χ1n) is 7.71. The van der Waals surface area contributed by atoms with Gasteiger partial charge in [-0.15, -0.1) is 11.6 Å². The highest BCUT2D eigenvalue weighted by Gasteiger charge is 2.25. The molecule has 3 rings (SSSR count). The van der Waals surface area contributed by atoms with Crippen LogP contribution in [0.2, 0.25) is 0 Å². The van der Waals surface area contributed by atoms with Crippen LogP contribution in [-0.4, -0.2) is 9.55 Å². The fourth-order valence-electron chi connectivity index (χ4n) is 3.53. The van der Waals surface area contributed by atoms with Gasteiger partial charge in [-0.3, -0.25) is 0 Å². The van der Waals surface area contributed by atoms with E-state index in [1.165, 1.54) is 32.1 Å². The van der Waals surface area contributed by atoms with Gasteiger partial charge >= 0.3 is 0 Å². The molecular formula is C17H20ClN3. The van der Waals surface area contributed by atoms with Crippen LogP contribution >= 0.6 is 11.6 Å². The van der Waals surface area contributed by atoms with Gasteiger partial charge in [-0.25, -0.2) is 4.98 Å². The Labute approximate surface area is 130 Å². The second-order valence-corrected chi connectivity index (χ2v) is 6.30. The summed E-state index contributed by atoms with van der Waals surface area (Å²) in [5, 5.41) is 9.15. The zero-order valence-corrected chi connectivity index (χ0v) is 13.1. The predicted octanol–water partition coefficient (Wildman–Crippen LogP) is 4.79. The summed E-state index contributed by atoms with van der Waals surface area (Å²) in [5.74, 6) is 1.97. The molecule has 0 radical (unpaired) electrons. The molecule has 1 aromatic carbocycles. The molecule has 0 N–H and O–H groups in total. The number of alkyl halides is 1. The Kier molecular flexibility index (Phi) is 4.17. The molecule has 2 atom stereocenters. The van der Waals surface area contributed by atoms with Crippen molar-refractivity contribution in [2.24, 2.45) is 5.92 Å². The highest BCUT2D eigenvalue weighted by atomic mass is 35.5. The fourth-order valence-corrected chi connectivity index (χ4v) is 3.72. The average Bonchev–Trinajstić information content (AvgIpc) is 2.74. The number of aromatic nitrogens is 2. The van der Waals surface area contributed by atoms with Crippen LogP contribution in [0.4, 0.5) is 0 Å². The zero-order valence-electron chi connectivity index (χ0n) is 12.3. The SMILES string of the molecule is CC1CCCCCC1n1c(CCl)nc2ccc(C#N)cc21. The van der Waals surface area contributed by atoms with Crippen LogP contribution in [0, 0.1) is 17.2 Å². The molecule has 2 aromatic rings. The van der Waals surface area contributed by atoms with Crippen LogP contribution in [0.15, 0.2) is 18.2 Å². The van der Waals surface area contributed by atoms with Gasteiger partial charge in [0.2, 0.25) is 0 Å². The van der Waals surface area contributed by atoms with Crippen molar-refractivity contribution in [2.45, 2.75) is 50.9 Å². The van der Waals surface area contributed by atoms with Crippen LogP contribution in [0.5, 0.6) is 0 Å². The maximum atomic E-state index is 9.15. The third-order valence-electron chi connectivity index (χ3n) is 4.66. The minimum atomic E-state index is 0.416. The first-order chi connectivity index (χ1) is 10.2. The third-order valence-corrected chi connectivity index (χ3v) is 4.90. The van der Waals surface area contributed by atoms with Crippen molar-refractivity contribution in [3.63, 3.8) is 0 Å². The van der Waals surface area contributed by atoms with Gasteiger partial charge < -0.3 is 4.57 Å². The standard InChI is InChI=1S/C17H20ClN3/c1-12-5-3-2-4-6-15(12)21-16-9-13(11-19)7-8-14(16)20-17(21)10-18/h7-9,12,15H,2-6,10H2,1H3. The van der Waals surface area contributed by atoms with Gasteiger partial charge in [-0.05, 0) is 37.0 Å². The zero-order chi connectivity index (χ0) is 14.8. The number of rotatable bonds is 2. The van der Waals surface area contributed by atoms with E-state index in [1.807, 2.05) is 18.2 Å². The number of nitrogens with zero attached hydrogens (tertiary/aromatic N) is 3.